The molecule has 0 atom stereocenters. The van der Waals surface area contributed by atoms with Gasteiger partial charge in [-0.2, -0.15) is 0 Å². The van der Waals surface area contributed by atoms with Gasteiger partial charge in [0, 0.05) is 22.8 Å². The molecule has 0 unspecified atom stereocenters. The molecule has 0 aliphatic heterocycles. The lowest BCUT2D eigenvalue weighted by Crippen LogP contribution is -2.42. The van der Waals surface area contributed by atoms with Gasteiger partial charge in [-0.05, 0) is 68.8 Å². The van der Waals surface area contributed by atoms with Crippen molar-refractivity contribution in [3.05, 3.63) is 53.6 Å². The fourth-order valence-electron chi connectivity index (χ4n) is 2.21. The lowest BCUT2D eigenvalue weighted by molar-refractivity contribution is -0.128. The molecule has 138 valence electrons. The monoisotopic (exact) mass is 374 g/mol. The van der Waals surface area contributed by atoms with Crippen LogP contribution in [0.3, 0.4) is 0 Å². The highest BCUT2D eigenvalue weighted by molar-refractivity contribution is 6.30. The SMILES string of the molecule is CCCC(=O)Nc1ccc(NC(=O)C(C)(C)Oc2ccc(Cl)cc2)cc1. The van der Waals surface area contributed by atoms with Crippen molar-refractivity contribution < 1.29 is 14.3 Å². The molecule has 2 rings (SSSR count). The van der Waals surface area contributed by atoms with E-state index < -0.39 is 5.60 Å². The topological polar surface area (TPSA) is 67.4 Å². The molecule has 2 aromatic rings. The number of carbonyl (C=O) groups excluding carboxylic acids is 2. The Labute approximate surface area is 158 Å². The van der Waals surface area contributed by atoms with Crippen LogP contribution in [0.4, 0.5) is 11.4 Å². The number of carbonyl (C=O) groups is 2. The summed E-state index contributed by atoms with van der Waals surface area (Å²) in [4.78, 5) is 24.1. The number of hydrogen-bond acceptors (Lipinski definition) is 3. The van der Waals surface area contributed by atoms with Crippen LogP contribution in [-0.2, 0) is 9.59 Å². The lowest BCUT2D eigenvalue weighted by atomic mass is 10.1. The normalized spacial score (nSPS) is 10.9. The summed E-state index contributed by atoms with van der Waals surface area (Å²) in [7, 11) is 0. The number of ether oxygens (including phenoxy) is 1. The summed E-state index contributed by atoms with van der Waals surface area (Å²) in [6.07, 6.45) is 1.28. The maximum absolute atomic E-state index is 12.5. The third-order valence-corrected chi connectivity index (χ3v) is 3.89. The summed E-state index contributed by atoms with van der Waals surface area (Å²) in [5.74, 6) is 0.250. The Kier molecular flexibility index (Phi) is 6.64. The molecule has 0 saturated heterocycles. The molecule has 26 heavy (non-hydrogen) atoms. The summed E-state index contributed by atoms with van der Waals surface area (Å²) in [6, 6.07) is 13.8. The van der Waals surface area contributed by atoms with E-state index in [2.05, 4.69) is 10.6 Å². The first-order chi connectivity index (χ1) is 12.3. The second-order valence-electron chi connectivity index (χ2n) is 6.40. The van der Waals surface area contributed by atoms with Gasteiger partial charge in [-0.15, -0.1) is 0 Å². The van der Waals surface area contributed by atoms with Gasteiger partial charge in [0.25, 0.3) is 5.91 Å². The predicted octanol–water partition coefficient (Wildman–Crippen LogP) is 4.87. The van der Waals surface area contributed by atoms with Gasteiger partial charge in [0.2, 0.25) is 5.91 Å². The molecule has 6 heteroatoms. The van der Waals surface area contributed by atoms with Gasteiger partial charge in [-0.1, -0.05) is 18.5 Å². The second kappa shape index (κ2) is 8.72. The highest BCUT2D eigenvalue weighted by atomic mass is 35.5. The zero-order chi connectivity index (χ0) is 19.2. The summed E-state index contributed by atoms with van der Waals surface area (Å²) < 4.78 is 5.77. The maximum atomic E-state index is 12.5. The van der Waals surface area contributed by atoms with Gasteiger partial charge >= 0.3 is 0 Å². The van der Waals surface area contributed by atoms with Gasteiger partial charge < -0.3 is 15.4 Å². The van der Waals surface area contributed by atoms with Crippen molar-refractivity contribution in [2.75, 3.05) is 10.6 Å². The van der Waals surface area contributed by atoms with Crippen molar-refractivity contribution in [1.82, 2.24) is 0 Å². The summed E-state index contributed by atoms with van der Waals surface area (Å²) in [6.45, 7) is 5.33. The van der Waals surface area contributed by atoms with Gasteiger partial charge in [0.05, 0.1) is 0 Å². The Bertz CT molecular complexity index is 756. The Balaban J connectivity index is 1.97. The summed E-state index contributed by atoms with van der Waals surface area (Å²) in [5, 5.41) is 6.22. The van der Waals surface area contributed by atoms with Crippen molar-refractivity contribution in [3.8, 4) is 5.75 Å². The molecule has 0 radical (unpaired) electrons. The van der Waals surface area contributed by atoms with Crippen LogP contribution in [0, 0.1) is 0 Å². The zero-order valence-electron chi connectivity index (χ0n) is 15.1. The molecule has 2 aromatic carbocycles. The van der Waals surface area contributed by atoms with E-state index in [4.69, 9.17) is 16.3 Å². The number of hydrogen-bond donors (Lipinski definition) is 2. The fourth-order valence-corrected chi connectivity index (χ4v) is 2.34. The smallest absolute Gasteiger partial charge is 0.267 e. The zero-order valence-corrected chi connectivity index (χ0v) is 15.9. The maximum Gasteiger partial charge on any atom is 0.267 e. The van der Waals surface area contributed by atoms with Crippen molar-refractivity contribution in [2.45, 2.75) is 39.2 Å². The molecule has 0 heterocycles. The lowest BCUT2D eigenvalue weighted by Gasteiger charge is -2.25. The second-order valence-corrected chi connectivity index (χ2v) is 6.83. The van der Waals surface area contributed by atoms with E-state index in [0.29, 0.717) is 28.6 Å². The minimum absolute atomic E-state index is 0.0261. The molecule has 0 aliphatic carbocycles. The van der Waals surface area contributed by atoms with Crippen LogP contribution in [-0.4, -0.2) is 17.4 Å². The van der Waals surface area contributed by atoms with E-state index in [1.165, 1.54) is 0 Å². The predicted molar refractivity (Wildman–Crippen MR) is 105 cm³/mol. The summed E-state index contributed by atoms with van der Waals surface area (Å²) in [5.41, 5.74) is 0.247. The largest absolute Gasteiger partial charge is 0.478 e. The molecule has 0 spiro atoms. The van der Waals surface area contributed by atoms with E-state index in [1.54, 1.807) is 62.4 Å². The number of anilines is 2. The molecule has 0 bridgehead atoms. The van der Waals surface area contributed by atoms with Gasteiger partial charge in [0.1, 0.15) is 5.75 Å². The quantitative estimate of drug-likeness (QED) is 0.726. The van der Waals surface area contributed by atoms with E-state index >= 15 is 0 Å². The van der Waals surface area contributed by atoms with Crippen molar-refractivity contribution in [1.29, 1.82) is 0 Å². The number of benzene rings is 2. The van der Waals surface area contributed by atoms with Crippen LogP contribution in [0.2, 0.25) is 5.02 Å². The standard InChI is InChI=1S/C20H23ClN2O3/c1-4-5-18(24)22-15-8-10-16(11-9-15)23-19(25)20(2,3)26-17-12-6-14(21)7-13-17/h6-13H,4-5H2,1-3H3,(H,22,24)(H,23,25). The highest BCUT2D eigenvalue weighted by Gasteiger charge is 2.30. The van der Waals surface area contributed by atoms with Crippen molar-refractivity contribution in [2.24, 2.45) is 0 Å². The molecule has 0 aliphatic rings. The number of amides is 2. The fraction of sp³-hybridized carbons (Fsp3) is 0.300. The average molecular weight is 375 g/mol. The van der Waals surface area contributed by atoms with Crippen LogP contribution in [0.15, 0.2) is 48.5 Å². The Morgan fingerprint density at radius 3 is 2.04 bits per heavy atom. The molecule has 5 nitrogen and oxygen atoms in total. The van der Waals surface area contributed by atoms with Gasteiger partial charge in [-0.3, -0.25) is 9.59 Å². The van der Waals surface area contributed by atoms with E-state index in [-0.39, 0.29) is 11.8 Å². The van der Waals surface area contributed by atoms with Crippen LogP contribution in [0.1, 0.15) is 33.6 Å². The molecular weight excluding hydrogens is 352 g/mol. The minimum Gasteiger partial charge on any atom is -0.478 e. The van der Waals surface area contributed by atoms with E-state index in [1.807, 2.05) is 6.92 Å². The van der Waals surface area contributed by atoms with Gasteiger partial charge in [-0.25, -0.2) is 0 Å². The Hall–Kier alpha value is -2.53. The first-order valence-electron chi connectivity index (χ1n) is 8.46. The Morgan fingerprint density at radius 2 is 1.50 bits per heavy atom. The average Bonchev–Trinajstić information content (AvgIpc) is 2.58. The van der Waals surface area contributed by atoms with E-state index in [9.17, 15) is 9.59 Å². The third kappa shape index (κ3) is 5.77. The van der Waals surface area contributed by atoms with Crippen LogP contribution >= 0.6 is 11.6 Å². The number of halogens is 1. The van der Waals surface area contributed by atoms with Crippen LogP contribution in [0.5, 0.6) is 5.75 Å². The minimum atomic E-state index is -1.07. The Morgan fingerprint density at radius 1 is 0.962 bits per heavy atom. The number of nitrogens with one attached hydrogen (secondary N) is 2. The molecule has 2 amide bonds. The highest BCUT2D eigenvalue weighted by Crippen LogP contribution is 2.22. The first-order valence-corrected chi connectivity index (χ1v) is 8.84. The van der Waals surface area contributed by atoms with Crippen molar-refractivity contribution >= 4 is 34.8 Å². The molecule has 2 N–H and O–H groups in total. The molecule has 0 saturated carbocycles. The van der Waals surface area contributed by atoms with E-state index in [0.717, 1.165) is 6.42 Å². The summed E-state index contributed by atoms with van der Waals surface area (Å²) >= 11 is 5.85. The van der Waals surface area contributed by atoms with Crippen LogP contribution < -0.4 is 15.4 Å². The van der Waals surface area contributed by atoms with Crippen molar-refractivity contribution in [3.63, 3.8) is 0 Å². The molecule has 0 aromatic heterocycles. The molecular formula is C20H23ClN2O3. The molecule has 0 fully saturated rings. The van der Waals surface area contributed by atoms with Gasteiger partial charge in [0.15, 0.2) is 5.60 Å². The number of rotatable bonds is 7. The van der Waals surface area contributed by atoms with Crippen LogP contribution in [0.25, 0.3) is 0 Å². The first kappa shape index (κ1) is 19.8. The third-order valence-electron chi connectivity index (χ3n) is 3.64.